The van der Waals surface area contributed by atoms with Gasteiger partial charge in [0.25, 0.3) is 5.91 Å². The Morgan fingerprint density at radius 2 is 2.15 bits per heavy atom. The van der Waals surface area contributed by atoms with Gasteiger partial charge in [-0.1, -0.05) is 18.8 Å². The molecule has 0 unspecified atom stereocenters. The van der Waals surface area contributed by atoms with Gasteiger partial charge in [-0.15, -0.1) is 0 Å². The molecule has 6 nitrogen and oxygen atoms in total. The van der Waals surface area contributed by atoms with Crippen LogP contribution in [0, 0.1) is 11.8 Å². The van der Waals surface area contributed by atoms with Crippen molar-refractivity contribution < 1.29 is 14.7 Å². The molecule has 2 amide bonds. The summed E-state index contributed by atoms with van der Waals surface area (Å²) >= 11 is 0. The lowest BCUT2D eigenvalue weighted by Gasteiger charge is -2.05. The second-order valence-corrected chi connectivity index (χ2v) is 3.92. The molecule has 1 aromatic heterocycles. The third-order valence-corrected chi connectivity index (χ3v) is 2.29. The van der Waals surface area contributed by atoms with Crippen LogP contribution >= 0.6 is 0 Å². The number of aliphatic hydroxyl groups excluding tert-OH is 1. The Hall–Kier alpha value is -2.39. The van der Waals surface area contributed by atoms with Crippen LogP contribution in [0.5, 0.6) is 0 Å². The number of nitrogens with zero attached hydrogens (tertiary/aromatic N) is 1. The summed E-state index contributed by atoms with van der Waals surface area (Å²) in [6, 6.07) is 3.14. The predicted molar refractivity (Wildman–Crippen MR) is 73.8 cm³/mol. The van der Waals surface area contributed by atoms with Gasteiger partial charge in [0.15, 0.2) is 0 Å². The zero-order valence-corrected chi connectivity index (χ0v) is 11.3. The molecule has 0 fully saturated rings. The van der Waals surface area contributed by atoms with Crippen molar-refractivity contribution in [3.63, 3.8) is 0 Å². The molecule has 0 saturated heterocycles. The van der Waals surface area contributed by atoms with Gasteiger partial charge >= 0.3 is 0 Å². The Labute approximate surface area is 117 Å². The van der Waals surface area contributed by atoms with Crippen LogP contribution in [0.2, 0.25) is 0 Å². The fraction of sp³-hybridized carbons (Fsp3) is 0.357. The summed E-state index contributed by atoms with van der Waals surface area (Å²) in [5, 5.41) is 13.7. The van der Waals surface area contributed by atoms with E-state index < -0.39 is 5.91 Å². The van der Waals surface area contributed by atoms with E-state index >= 15 is 0 Å². The van der Waals surface area contributed by atoms with Gasteiger partial charge in [0, 0.05) is 18.3 Å². The molecule has 3 N–H and O–H groups in total. The molecule has 106 valence electrons. The highest BCUT2D eigenvalue weighted by Crippen LogP contribution is 1.98. The molecule has 0 aliphatic heterocycles. The predicted octanol–water partition coefficient (Wildman–Crippen LogP) is -0.319. The SMILES string of the molecule is CCCNC(=O)CNC(=O)c1ccc(C#CCO)cn1. The van der Waals surface area contributed by atoms with Crippen LogP contribution in [0.4, 0.5) is 0 Å². The number of rotatable bonds is 5. The molecule has 1 heterocycles. The standard InChI is InChI=1S/C14H17N3O3/c1-2-7-15-13(19)10-17-14(20)12-6-5-11(9-16-12)4-3-8-18/h5-6,9,18H,2,7-8,10H2,1H3,(H,15,19)(H,17,20). The van der Waals surface area contributed by atoms with Crippen LogP contribution in [0.3, 0.4) is 0 Å². The highest BCUT2D eigenvalue weighted by Gasteiger charge is 2.08. The third kappa shape index (κ3) is 5.50. The molecule has 0 saturated carbocycles. The molecule has 0 aliphatic rings. The lowest BCUT2D eigenvalue weighted by molar-refractivity contribution is -0.120. The van der Waals surface area contributed by atoms with Crippen molar-refractivity contribution in [2.75, 3.05) is 19.7 Å². The molecule has 0 aliphatic carbocycles. The van der Waals surface area contributed by atoms with Crippen molar-refractivity contribution in [2.45, 2.75) is 13.3 Å². The third-order valence-electron chi connectivity index (χ3n) is 2.29. The van der Waals surface area contributed by atoms with Gasteiger partial charge in [0.1, 0.15) is 12.3 Å². The number of hydrogen-bond donors (Lipinski definition) is 3. The molecule has 0 radical (unpaired) electrons. The molecule has 0 aromatic carbocycles. The highest BCUT2D eigenvalue weighted by molar-refractivity contribution is 5.94. The lowest BCUT2D eigenvalue weighted by atomic mass is 10.2. The van der Waals surface area contributed by atoms with E-state index in [0.717, 1.165) is 6.42 Å². The van der Waals surface area contributed by atoms with Crippen LogP contribution in [0.25, 0.3) is 0 Å². The summed E-state index contributed by atoms with van der Waals surface area (Å²) in [6.45, 7) is 2.23. The monoisotopic (exact) mass is 275 g/mol. The van der Waals surface area contributed by atoms with Gasteiger partial charge in [0.05, 0.1) is 6.54 Å². The number of aromatic nitrogens is 1. The Morgan fingerprint density at radius 3 is 2.75 bits per heavy atom. The largest absolute Gasteiger partial charge is 0.384 e. The van der Waals surface area contributed by atoms with Gasteiger partial charge in [0.2, 0.25) is 5.91 Å². The summed E-state index contributed by atoms with van der Waals surface area (Å²) in [7, 11) is 0. The fourth-order valence-electron chi connectivity index (χ4n) is 1.32. The first-order chi connectivity index (χ1) is 9.67. The minimum atomic E-state index is -0.418. The molecular formula is C14H17N3O3. The maximum atomic E-state index is 11.7. The van der Waals surface area contributed by atoms with Gasteiger partial charge in [-0.25, -0.2) is 4.98 Å². The molecular weight excluding hydrogens is 258 g/mol. The van der Waals surface area contributed by atoms with Gasteiger partial charge < -0.3 is 15.7 Å². The Morgan fingerprint density at radius 1 is 1.35 bits per heavy atom. The van der Waals surface area contributed by atoms with E-state index in [-0.39, 0.29) is 24.8 Å². The zero-order chi connectivity index (χ0) is 14.8. The summed E-state index contributed by atoms with van der Waals surface area (Å²) in [5.41, 5.74) is 0.819. The van der Waals surface area contributed by atoms with Gasteiger partial charge in [-0.05, 0) is 18.6 Å². The second-order valence-electron chi connectivity index (χ2n) is 3.92. The second kappa shape index (κ2) is 8.67. The summed E-state index contributed by atoms with van der Waals surface area (Å²) in [4.78, 5) is 27.0. The van der Waals surface area contributed by atoms with E-state index in [1.807, 2.05) is 6.92 Å². The zero-order valence-electron chi connectivity index (χ0n) is 11.3. The first-order valence-electron chi connectivity index (χ1n) is 6.28. The van der Waals surface area contributed by atoms with Gasteiger partial charge in [-0.3, -0.25) is 9.59 Å². The van der Waals surface area contributed by atoms with Crippen LogP contribution in [-0.2, 0) is 4.79 Å². The van der Waals surface area contributed by atoms with Gasteiger partial charge in [-0.2, -0.15) is 0 Å². The first-order valence-corrected chi connectivity index (χ1v) is 6.28. The highest BCUT2D eigenvalue weighted by atomic mass is 16.2. The molecule has 6 heteroatoms. The smallest absolute Gasteiger partial charge is 0.270 e. The molecule has 1 rings (SSSR count). The van der Waals surface area contributed by atoms with Crippen molar-refractivity contribution in [2.24, 2.45) is 0 Å². The van der Waals surface area contributed by atoms with Crippen molar-refractivity contribution in [3.8, 4) is 11.8 Å². The molecule has 20 heavy (non-hydrogen) atoms. The Balaban J connectivity index is 2.49. The number of amides is 2. The molecule has 0 spiro atoms. The average molecular weight is 275 g/mol. The first kappa shape index (κ1) is 15.7. The van der Waals surface area contributed by atoms with E-state index in [1.54, 1.807) is 6.07 Å². The number of carbonyl (C=O) groups is 2. The summed E-state index contributed by atoms with van der Waals surface area (Å²) < 4.78 is 0. The molecule has 0 atom stereocenters. The van der Waals surface area contributed by atoms with Crippen LogP contribution < -0.4 is 10.6 Å². The Bertz CT molecular complexity index is 515. The summed E-state index contributed by atoms with van der Waals surface area (Å²) in [5.74, 6) is 4.51. The quantitative estimate of drug-likeness (QED) is 0.642. The van der Waals surface area contributed by atoms with E-state index in [9.17, 15) is 9.59 Å². The number of aliphatic hydroxyl groups is 1. The van der Waals surface area contributed by atoms with E-state index in [2.05, 4.69) is 27.5 Å². The van der Waals surface area contributed by atoms with Crippen molar-refractivity contribution in [3.05, 3.63) is 29.6 Å². The Kier molecular flexibility index (Phi) is 6.79. The normalized spacial score (nSPS) is 9.30. The topological polar surface area (TPSA) is 91.3 Å². The lowest BCUT2D eigenvalue weighted by Crippen LogP contribution is -2.37. The maximum absolute atomic E-state index is 11.7. The van der Waals surface area contributed by atoms with E-state index in [4.69, 9.17) is 5.11 Å². The minimum absolute atomic E-state index is 0.0768. The number of carbonyl (C=O) groups excluding carboxylic acids is 2. The van der Waals surface area contributed by atoms with Crippen molar-refractivity contribution in [1.82, 2.24) is 15.6 Å². The minimum Gasteiger partial charge on any atom is -0.384 e. The number of nitrogens with one attached hydrogen (secondary N) is 2. The number of hydrogen-bond acceptors (Lipinski definition) is 4. The van der Waals surface area contributed by atoms with E-state index in [1.165, 1.54) is 12.3 Å². The number of pyridine rings is 1. The maximum Gasteiger partial charge on any atom is 0.270 e. The van der Waals surface area contributed by atoms with Crippen molar-refractivity contribution in [1.29, 1.82) is 0 Å². The summed E-state index contributed by atoms with van der Waals surface area (Å²) in [6.07, 6.45) is 2.28. The van der Waals surface area contributed by atoms with Crippen LogP contribution in [0.15, 0.2) is 18.3 Å². The molecule has 0 bridgehead atoms. The van der Waals surface area contributed by atoms with Crippen LogP contribution in [-0.4, -0.2) is 41.6 Å². The average Bonchev–Trinajstić information content (AvgIpc) is 2.49. The van der Waals surface area contributed by atoms with Crippen molar-refractivity contribution >= 4 is 11.8 Å². The van der Waals surface area contributed by atoms with Crippen LogP contribution in [0.1, 0.15) is 29.4 Å². The molecule has 1 aromatic rings. The van der Waals surface area contributed by atoms with E-state index in [0.29, 0.717) is 12.1 Å². The fourth-order valence-corrected chi connectivity index (χ4v) is 1.32.